The molecule has 0 saturated heterocycles. The van der Waals surface area contributed by atoms with E-state index >= 15 is 0 Å². The first-order chi connectivity index (χ1) is 9.46. The van der Waals surface area contributed by atoms with Gasteiger partial charge in [-0.15, -0.1) is 0 Å². The molecule has 9 nitrogen and oxygen atoms in total. The molecular weight excluding hydrogens is 338 g/mol. The first-order valence-electron chi connectivity index (χ1n) is 6.47. The highest BCUT2D eigenvalue weighted by atomic mass is 32.2. The molecular formula is C11H24NO8S2+. The molecule has 0 amide bonds. The number of aliphatic carboxylic acids is 1. The lowest BCUT2D eigenvalue weighted by atomic mass is 9.91. The normalized spacial score (nSPS) is 19.2. The Labute approximate surface area is 131 Å². The summed E-state index contributed by atoms with van der Waals surface area (Å²) >= 11 is 0. The van der Waals surface area contributed by atoms with E-state index in [4.69, 9.17) is 4.55 Å². The van der Waals surface area contributed by atoms with E-state index in [1.165, 1.54) is 34.7 Å². The molecule has 0 rings (SSSR count). The average molecular weight is 362 g/mol. The van der Waals surface area contributed by atoms with E-state index in [-0.39, 0.29) is 6.54 Å². The minimum Gasteiger partial charge on any atom is -0.477 e. The third kappa shape index (κ3) is 3.59. The molecule has 0 aromatic heterocycles. The first kappa shape index (κ1) is 21.2. The topological polar surface area (TPSA) is 146 Å². The Hall–Kier alpha value is -0.750. The summed E-state index contributed by atoms with van der Waals surface area (Å²) < 4.78 is 63.0. The van der Waals surface area contributed by atoms with Gasteiger partial charge < -0.3 is 5.11 Å². The SMILES string of the molecule is CC[N+](C)(C(C)(CCS(=O)(=O)O)C(=O)O)C(C)(C)S(=O)(=O)O. The van der Waals surface area contributed by atoms with Gasteiger partial charge in [-0.25, -0.2) is 4.79 Å². The van der Waals surface area contributed by atoms with E-state index in [2.05, 4.69) is 0 Å². The lowest BCUT2D eigenvalue weighted by molar-refractivity contribution is -0.976. The Morgan fingerprint density at radius 3 is 1.73 bits per heavy atom. The van der Waals surface area contributed by atoms with Gasteiger partial charge in [0.1, 0.15) is 0 Å². The van der Waals surface area contributed by atoms with Gasteiger partial charge in [0, 0.05) is 27.2 Å². The van der Waals surface area contributed by atoms with Gasteiger partial charge in [0.2, 0.25) is 4.87 Å². The lowest BCUT2D eigenvalue weighted by Gasteiger charge is -2.53. The minimum absolute atomic E-state index is 0.0128. The lowest BCUT2D eigenvalue weighted by Crippen LogP contribution is -2.74. The third-order valence-electron chi connectivity index (χ3n) is 4.85. The molecule has 22 heavy (non-hydrogen) atoms. The van der Waals surface area contributed by atoms with Crippen molar-refractivity contribution in [2.75, 3.05) is 19.3 Å². The molecule has 0 radical (unpaired) electrons. The van der Waals surface area contributed by atoms with Crippen LogP contribution in [0, 0.1) is 0 Å². The third-order valence-corrected chi connectivity index (χ3v) is 7.23. The maximum atomic E-state index is 11.7. The van der Waals surface area contributed by atoms with Gasteiger partial charge in [-0.3, -0.25) is 13.6 Å². The number of hydrogen-bond acceptors (Lipinski definition) is 5. The summed E-state index contributed by atoms with van der Waals surface area (Å²) in [4.78, 5) is 9.84. The highest BCUT2D eigenvalue weighted by Gasteiger charge is 2.62. The van der Waals surface area contributed by atoms with Gasteiger partial charge in [-0.05, 0) is 6.92 Å². The number of carbonyl (C=O) groups is 1. The summed E-state index contributed by atoms with van der Waals surface area (Å²) in [6.45, 7) is 5.04. The maximum absolute atomic E-state index is 11.7. The van der Waals surface area contributed by atoms with Crippen LogP contribution in [0.25, 0.3) is 0 Å². The molecule has 0 aromatic carbocycles. The molecule has 132 valence electrons. The Bertz CT molecular complexity index is 639. The van der Waals surface area contributed by atoms with Crippen molar-refractivity contribution in [2.45, 2.75) is 44.5 Å². The molecule has 0 heterocycles. The summed E-state index contributed by atoms with van der Waals surface area (Å²) in [5.41, 5.74) is -1.87. The largest absolute Gasteiger partial charge is 0.477 e. The number of quaternary nitrogens is 1. The van der Waals surface area contributed by atoms with Crippen molar-refractivity contribution >= 4 is 26.2 Å². The van der Waals surface area contributed by atoms with Crippen molar-refractivity contribution in [3.63, 3.8) is 0 Å². The van der Waals surface area contributed by atoms with Crippen LogP contribution in [-0.2, 0) is 25.0 Å². The molecule has 0 aromatic rings. The smallest absolute Gasteiger partial charge is 0.365 e. The number of nitrogens with zero attached hydrogens (tertiary/aromatic N) is 1. The van der Waals surface area contributed by atoms with E-state index < -0.39 is 53.3 Å². The van der Waals surface area contributed by atoms with E-state index in [9.17, 15) is 31.3 Å². The Balaban J connectivity index is 6.26. The van der Waals surface area contributed by atoms with Crippen LogP contribution in [-0.4, -0.2) is 71.3 Å². The monoisotopic (exact) mass is 362 g/mol. The summed E-state index contributed by atoms with van der Waals surface area (Å²) in [6, 6.07) is 0. The number of rotatable bonds is 8. The number of likely N-dealkylation sites (N-methyl/N-ethyl adjacent to an activating group) is 1. The fourth-order valence-corrected chi connectivity index (χ4v) is 3.97. The Morgan fingerprint density at radius 2 is 1.50 bits per heavy atom. The van der Waals surface area contributed by atoms with Crippen molar-refractivity contribution in [1.29, 1.82) is 0 Å². The molecule has 2 unspecified atom stereocenters. The number of carboxylic acids is 1. The first-order valence-corrected chi connectivity index (χ1v) is 9.52. The van der Waals surface area contributed by atoms with Crippen molar-refractivity contribution in [3.05, 3.63) is 0 Å². The average Bonchev–Trinajstić information content (AvgIpc) is 2.31. The van der Waals surface area contributed by atoms with Crippen molar-refractivity contribution in [2.24, 2.45) is 0 Å². The summed E-state index contributed by atoms with van der Waals surface area (Å²) in [5.74, 6) is -2.28. The molecule has 0 bridgehead atoms. The highest BCUT2D eigenvalue weighted by molar-refractivity contribution is 7.87. The zero-order valence-corrected chi connectivity index (χ0v) is 14.9. The van der Waals surface area contributed by atoms with Crippen molar-refractivity contribution in [3.8, 4) is 0 Å². The molecule has 0 aliphatic carbocycles. The van der Waals surface area contributed by atoms with Gasteiger partial charge in [0.25, 0.3) is 10.1 Å². The van der Waals surface area contributed by atoms with E-state index in [0.29, 0.717) is 0 Å². The van der Waals surface area contributed by atoms with E-state index in [1.807, 2.05) is 0 Å². The van der Waals surface area contributed by atoms with Crippen LogP contribution >= 0.6 is 0 Å². The fraction of sp³-hybridized carbons (Fsp3) is 0.909. The predicted molar refractivity (Wildman–Crippen MR) is 79.4 cm³/mol. The zero-order chi connectivity index (χ0) is 18.2. The number of carboxylic acid groups (broad SMARTS) is 1. The fourth-order valence-electron chi connectivity index (χ4n) is 2.47. The predicted octanol–water partition coefficient (Wildman–Crippen LogP) is 0.198. The summed E-state index contributed by atoms with van der Waals surface area (Å²) in [5, 5.41) is 9.56. The second-order valence-electron chi connectivity index (χ2n) is 6.04. The van der Waals surface area contributed by atoms with Crippen LogP contribution < -0.4 is 0 Å². The van der Waals surface area contributed by atoms with Crippen LogP contribution in [0.5, 0.6) is 0 Å². The zero-order valence-electron chi connectivity index (χ0n) is 13.3. The van der Waals surface area contributed by atoms with Crippen molar-refractivity contribution < 1.29 is 40.3 Å². The van der Waals surface area contributed by atoms with Crippen LogP contribution in [0.3, 0.4) is 0 Å². The molecule has 0 spiro atoms. The quantitative estimate of drug-likeness (QED) is 0.410. The van der Waals surface area contributed by atoms with Gasteiger partial charge >= 0.3 is 16.1 Å². The molecule has 0 saturated carbocycles. The molecule has 2 atom stereocenters. The van der Waals surface area contributed by atoms with Crippen LogP contribution in [0.4, 0.5) is 0 Å². The molecule has 3 N–H and O–H groups in total. The highest BCUT2D eigenvalue weighted by Crippen LogP contribution is 2.39. The summed E-state index contributed by atoms with van der Waals surface area (Å²) in [7, 11) is -7.76. The molecule has 11 heteroatoms. The Kier molecular flexibility index (Phi) is 5.83. The van der Waals surface area contributed by atoms with Crippen molar-refractivity contribution in [1.82, 2.24) is 0 Å². The molecule has 0 aliphatic rings. The van der Waals surface area contributed by atoms with Crippen LogP contribution in [0.1, 0.15) is 34.1 Å². The second kappa shape index (κ2) is 6.04. The summed E-state index contributed by atoms with van der Waals surface area (Å²) in [6.07, 6.45) is -0.523. The molecule has 0 fully saturated rings. The van der Waals surface area contributed by atoms with Crippen LogP contribution in [0.2, 0.25) is 0 Å². The molecule has 0 aliphatic heterocycles. The van der Waals surface area contributed by atoms with Gasteiger partial charge in [-0.2, -0.15) is 16.8 Å². The number of hydrogen-bond donors (Lipinski definition) is 3. The maximum Gasteiger partial charge on any atom is 0.365 e. The van der Waals surface area contributed by atoms with Crippen LogP contribution in [0.15, 0.2) is 0 Å². The second-order valence-corrected chi connectivity index (χ2v) is 9.57. The minimum atomic E-state index is -4.65. The van der Waals surface area contributed by atoms with Gasteiger partial charge in [-0.1, -0.05) is 0 Å². The van der Waals surface area contributed by atoms with E-state index in [1.54, 1.807) is 0 Å². The van der Waals surface area contributed by atoms with Gasteiger partial charge in [0.05, 0.1) is 19.3 Å². The standard InChI is InChI=1S/C11H23NO8S2/c1-6-12(5,10(2,3)22(18,19)20)11(4,9(13)14)7-8-21(15,16)17/h6-8H2,1-5H3,(H2-,13,14,15,16,17,18,19,20)/p+1. The van der Waals surface area contributed by atoms with E-state index in [0.717, 1.165) is 0 Å². The Morgan fingerprint density at radius 1 is 1.09 bits per heavy atom. The van der Waals surface area contributed by atoms with Gasteiger partial charge in [0.15, 0.2) is 5.54 Å².